The molecule has 1 fully saturated rings. The molecule has 37 heavy (non-hydrogen) atoms. The summed E-state index contributed by atoms with van der Waals surface area (Å²) in [5, 5.41) is -0.205. The van der Waals surface area contributed by atoms with Crippen molar-refractivity contribution in [2.45, 2.75) is 56.8 Å². The van der Waals surface area contributed by atoms with Gasteiger partial charge in [-0.2, -0.15) is 0 Å². The number of benzene rings is 2. The number of sulfone groups is 1. The van der Waals surface area contributed by atoms with Crippen LogP contribution in [0.5, 0.6) is 0 Å². The van der Waals surface area contributed by atoms with E-state index in [1.54, 1.807) is 16.7 Å². The smallest absolute Gasteiger partial charge is 0.257 e. The summed E-state index contributed by atoms with van der Waals surface area (Å²) in [6.07, 6.45) is 2.83. The van der Waals surface area contributed by atoms with Gasteiger partial charge in [0.25, 0.3) is 5.91 Å². The molecule has 1 atom stereocenters. The monoisotopic (exact) mass is 531 g/mol. The summed E-state index contributed by atoms with van der Waals surface area (Å²) in [5.41, 5.74) is 0.473. The topological polar surface area (TPSA) is 81.5 Å². The van der Waals surface area contributed by atoms with Gasteiger partial charge in [-0.1, -0.05) is 44.2 Å². The molecule has 0 unspecified atom stereocenters. The molecular weight excluding hydrogens is 500 g/mol. The molecule has 0 bridgehead atoms. The van der Waals surface area contributed by atoms with Gasteiger partial charge in [-0.05, 0) is 37.0 Å². The van der Waals surface area contributed by atoms with Crippen LogP contribution in [0, 0.1) is 17.6 Å². The van der Waals surface area contributed by atoms with Crippen molar-refractivity contribution in [3.63, 3.8) is 0 Å². The van der Waals surface area contributed by atoms with E-state index < -0.39 is 33.1 Å². The first-order valence-electron chi connectivity index (χ1n) is 12.3. The first-order valence-corrected chi connectivity index (χ1v) is 14.0. The van der Waals surface area contributed by atoms with Crippen LogP contribution in [-0.4, -0.2) is 48.0 Å². The normalized spacial score (nSPS) is 15.9. The minimum atomic E-state index is -4.03. The molecule has 1 amide bonds. The van der Waals surface area contributed by atoms with Gasteiger partial charge in [-0.25, -0.2) is 22.2 Å². The van der Waals surface area contributed by atoms with Gasteiger partial charge < -0.3 is 14.2 Å². The fourth-order valence-corrected chi connectivity index (χ4v) is 6.01. The van der Waals surface area contributed by atoms with E-state index in [0.717, 1.165) is 12.8 Å². The summed E-state index contributed by atoms with van der Waals surface area (Å²) in [4.78, 5) is 19.0. The van der Waals surface area contributed by atoms with Gasteiger partial charge in [0.1, 0.15) is 11.6 Å². The number of imidazole rings is 1. The van der Waals surface area contributed by atoms with Crippen molar-refractivity contribution in [1.29, 1.82) is 0 Å². The summed E-state index contributed by atoms with van der Waals surface area (Å²) >= 11 is 0. The molecule has 0 N–H and O–H groups in total. The molecule has 2 aromatic carbocycles. The summed E-state index contributed by atoms with van der Waals surface area (Å²) in [6, 6.07) is 11.5. The van der Waals surface area contributed by atoms with Crippen LogP contribution >= 0.6 is 0 Å². The highest BCUT2D eigenvalue weighted by molar-refractivity contribution is 7.90. The third-order valence-corrected chi connectivity index (χ3v) is 7.80. The maximum Gasteiger partial charge on any atom is 0.257 e. The Balaban J connectivity index is 1.70. The zero-order chi connectivity index (χ0) is 26.6. The fraction of sp³-hybridized carbons (Fsp3) is 0.407. The number of carbonyl (C=O) groups is 1. The van der Waals surface area contributed by atoms with E-state index in [2.05, 4.69) is 4.98 Å². The Morgan fingerprint density at radius 3 is 2.49 bits per heavy atom. The number of hydrogen-bond donors (Lipinski definition) is 0. The number of amides is 1. The van der Waals surface area contributed by atoms with Gasteiger partial charge in [-0.3, -0.25) is 4.79 Å². The Labute approximate surface area is 216 Å². The van der Waals surface area contributed by atoms with E-state index in [-0.39, 0.29) is 41.4 Å². The zero-order valence-electron chi connectivity index (χ0n) is 20.9. The van der Waals surface area contributed by atoms with Crippen LogP contribution in [0.4, 0.5) is 8.78 Å². The van der Waals surface area contributed by atoms with Crippen molar-refractivity contribution in [3.05, 3.63) is 83.2 Å². The quantitative estimate of drug-likeness (QED) is 0.382. The second-order valence-corrected chi connectivity index (χ2v) is 11.6. The Kier molecular flexibility index (Phi) is 8.39. The third kappa shape index (κ3) is 6.42. The predicted molar refractivity (Wildman–Crippen MR) is 134 cm³/mol. The van der Waals surface area contributed by atoms with Gasteiger partial charge in [0.15, 0.2) is 0 Å². The molecule has 2 heterocycles. The molecular formula is C27H31F2N3O4S. The van der Waals surface area contributed by atoms with Crippen LogP contribution in [0.2, 0.25) is 0 Å². The van der Waals surface area contributed by atoms with E-state index in [1.807, 2.05) is 13.8 Å². The molecule has 7 nitrogen and oxygen atoms in total. The van der Waals surface area contributed by atoms with Crippen molar-refractivity contribution >= 4 is 15.7 Å². The van der Waals surface area contributed by atoms with Crippen LogP contribution < -0.4 is 0 Å². The number of rotatable bonds is 10. The standard InChI is InChI=1S/C27H31F2N3O4S/c1-19(2)15-31(26(33)23-10-4-6-12-25(23)29)16-21-14-30-27(32(21)17-22-9-7-13-36-22)37(34,35)18-20-8-3-5-11-24(20)28/h3-6,8,10-12,14,19,22H,7,9,13,15-18H2,1-2H3/t22-/m1/s1. The maximum absolute atomic E-state index is 14.4. The van der Waals surface area contributed by atoms with E-state index >= 15 is 0 Å². The van der Waals surface area contributed by atoms with Crippen molar-refractivity contribution in [1.82, 2.24) is 14.5 Å². The zero-order valence-corrected chi connectivity index (χ0v) is 21.8. The predicted octanol–water partition coefficient (Wildman–Crippen LogP) is 4.61. The molecule has 10 heteroatoms. The molecule has 1 saturated heterocycles. The summed E-state index contributed by atoms with van der Waals surface area (Å²) in [5.74, 6) is -2.20. The first kappa shape index (κ1) is 26.9. The lowest BCUT2D eigenvalue weighted by Crippen LogP contribution is -2.35. The third-order valence-electron chi connectivity index (χ3n) is 6.22. The Morgan fingerprint density at radius 1 is 1.14 bits per heavy atom. The van der Waals surface area contributed by atoms with Crippen LogP contribution in [0.3, 0.4) is 0 Å². The number of aromatic nitrogens is 2. The number of nitrogens with zero attached hydrogens (tertiary/aromatic N) is 3. The summed E-state index contributed by atoms with van der Waals surface area (Å²) in [6.45, 7) is 5.04. The number of halogens is 2. The molecule has 198 valence electrons. The molecule has 0 spiro atoms. The van der Waals surface area contributed by atoms with Crippen LogP contribution in [-0.2, 0) is 33.4 Å². The highest BCUT2D eigenvalue weighted by Gasteiger charge is 2.29. The molecule has 4 rings (SSSR count). The molecule has 1 aliphatic rings. The van der Waals surface area contributed by atoms with Crippen molar-refractivity contribution in [2.75, 3.05) is 13.2 Å². The van der Waals surface area contributed by atoms with Crippen molar-refractivity contribution in [2.24, 2.45) is 5.92 Å². The second-order valence-electron chi connectivity index (χ2n) is 9.69. The molecule has 3 aromatic rings. The highest BCUT2D eigenvalue weighted by atomic mass is 32.2. The summed E-state index contributed by atoms with van der Waals surface area (Å²) < 4.78 is 62.8. The Bertz CT molecular complexity index is 1350. The molecule has 0 aliphatic carbocycles. The minimum Gasteiger partial charge on any atom is -0.376 e. The highest BCUT2D eigenvalue weighted by Crippen LogP contribution is 2.24. The lowest BCUT2D eigenvalue weighted by molar-refractivity contribution is 0.0706. The van der Waals surface area contributed by atoms with Crippen LogP contribution in [0.1, 0.15) is 48.3 Å². The van der Waals surface area contributed by atoms with Gasteiger partial charge in [-0.15, -0.1) is 0 Å². The van der Waals surface area contributed by atoms with Gasteiger partial charge >= 0.3 is 0 Å². The van der Waals surface area contributed by atoms with E-state index in [0.29, 0.717) is 18.8 Å². The second kappa shape index (κ2) is 11.5. The SMILES string of the molecule is CC(C)CN(Cc1cnc(S(=O)(=O)Cc2ccccc2F)n1C[C@H]1CCCO1)C(=O)c1ccccc1F. The van der Waals surface area contributed by atoms with Gasteiger partial charge in [0.2, 0.25) is 15.0 Å². The average molecular weight is 532 g/mol. The number of ether oxygens (including phenoxy) is 1. The maximum atomic E-state index is 14.4. The molecule has 1 aromatic heterocycles. The fourth-order valence-electron chi connectivity index (χ4n) is 4.50. The van der Waals surface area contributed by atoms with Crippen LogP contribution in [0.25, 0.3) is 0 Å². The summed E-state index contributed by atoms with van der Waals surface area (Å²) in [7, 11) is -4.03. The van der Waals surface area contributed by atoms with Crippen molar-refractivity contribution < 1.29 is 26.7 Å². The number of carbonyl (C=O) groups excluding carboxylic acids is 1. The first-order chi connectivity index (χ1) is 17.7. The lowest BCUT2D eigenvalue weighted by atomic mass is 10.1. The van der Waals surface area contributed by atoms with Crippen LogP contribution in [0.15, 0.2) is 59.9 Å². The van der Waals surface area contributed by atoms with E-state index in [1.165, 1.54) is 47.5 Å². The molecule has 0 saturated carbocycles. The minimum absolute atomic E-state index is 0.0281. The van der Waals surface area contributed by atoms with E-state index in [4.69, 9.17) is 4.74 Å². The largest absolute Gasteiger partial charge is 0.376 e. The van der Waals surface area contributed by atoms with Gasteiger partial charge in [0, 0.05) is 18.7 Å². The Hall–Kier alpha value is -3.11. The Morgan fingerprint density at radius 2 is 1.84 bits per heavy atom. The van der Waals surface area contributed by atoms with Gasteiger partial charge in [0.05, 0.1) is 42.4 Å². The lowest BCUT2D eigenvalue weighted by Gasteiger charge is -2.26. The van der Waals surface area contributed by atoms with Crippen molar-refractivity contribution in [3.8, 4) is 0 Å². The molecule has 1 aliphatic heterocycles. The number of hydrogen-bond acceptors (Lipinski definition) is 5. The van der Waals surface area contributed by atoms with E-state index in [9.17, 15) is 22.0 Å². The molecule has 0 radical (unpaired) electrons. The average Bonchev–Trinajstić information content (AvgIpc) is 3.51.